The Morgan fingerprint density at radius 2 is 1.70 bits per heavy atom. The maximum atomic E-state index is 14.1. The van der Waals surface area contributed by atoms with Crippen LogP contribution in [-0.4, -0.2) is 39.1 Å². The summed E-state index contributed by atoms with van der Waals surface area (Å²) in [6.45, 7) is 10.8. The molecular weight excluding hydrogens is 528 g/mol. The number of carboxylic acids is 1. The lowest BCUT2D eigenvalue weighted by atomic mass is 9.79. The Labute approximate surface area is 237 Å². The number of aliphatic carboxylic acids is 1. The SMILES string of the molecule is COc1ccc(C(=O)c2c(CC(C)(C)C(=O)O)c(C(=O)C(C)(C)C)c3cc(OCc4nc(C)cs4)ccn23)cc1. The van der Waals surface area contributed by atoms with E-state index in [0.717, 1.165) is 10.7 Å². The van der Waals surface area contributed by atoms with Gasteiger partial charge in [-0.1, -0.05) is 20.8 Å². The van der Waals surface area contributed by atoms with Gasteiger partial charge in [0.2, 0.25) is 5.78 Å². The molecule has 0 bridgehead atoms. The maximum Gasteiger partial charge on any atom is 0.309 e. The number of Topliss-reactive ketones (excluding diaryl/α,β-unsaturated/α-hetero) is 1. The minimum Gasteiger partial charge on any atom is -0.497 e. The summed E-state index contributed by atoms with van der Waals surface area (Å²) in [5.74, 6) is -0.433. The summed E-state index contributed by atoms with van der Waals surface area (Å²) in [5.41, 5.74) is 0.744. The molecular formula is C31H34N2O6S. The van der Waals surface area contributed by atoms with Crippen molar-refractivity contribution in [1.29, 1.82) is 0 Å². The Morgan fingerprint density at radius 3 is 2.25 bits per heavy atom. The van der Waals surface area contributed by atoms with E-state index in [2.05, 4.69) is 4.98 Å². The van der Waals surface area contributed by atoms with E-state index in [1.807, 2.05) is 12.3 Å². The molecule has 3 aromatic heterocycles. The highest BCUT2D eigenvalue weighted by Gasteiger charge is 2.37. The Balaban J connectivity index is 1.95. The molecule has 0 unspecified atom stereocenters. The van der Waals surface area contributed by atoms with Gasteiger partial charge in [0.25, 0.3) is 0 Å². The lowest BCUT2D eigenvalue weighted by molar-refractivity contribution is -0.146. The molecule has 0 aliphatic carbocycles. The van der Waals surface area contributed by atoms with E-state index in [4.69, 9.17) is 9.47 Å². The molecule has 210 valence electrons. The van der Waals surface area contributed by atoms with Crippen molar-refractivity contribution in [2.24, 2.45) is 10.8 Å². The molecule has 9 heteroatoms. The summed E-state index contributed by atoms with van der Waals surface area (Å²) in [7, 11) is 1.54. The van der Waals surface area contributed by atoms with Gasteiger partial charge in [-0.2, -0.15) is 0 Å². The molecule has 0 radical (unpaired) electrons. The van der Waals surface area contributed by atoms with Crippen molar-refractivity contribution >= 4 is 34.4 Å². The summed E-state index contributed by atoms with van der Waals surface area (Å²) in [4.78, 5) is 44.7. The zero-order valence-electron chi connectivity index (χ0n) is 23.8. The van der Waals surface area contributed by atoms with Crippen molar-refractivity contribution in [3.63, 3.8) is 0 Å². The summed E-state index contributed by atoms with van der Waals surface area (Å²) < 4.78 is 12.9. The highest BCUT2D eigenvalue weighted by Crippen LogP contribution is 2.37. The molecule has 0 saturated heterocycles. The van der Waals surface area contributed by atoms with Crippen LogP contribution in [0, 0.1) is 17.8 Å². The van der Waals surface area contributed by atoms with E-state index in [1.54, 1.807) is 88.7 Å². The van der Waals surface area contributed by atoms with E-state index < -0.39 is 16.8 Å². The number of ketones is 2. The molecule has 0 amide bonds. The Kier molecular flexibility index (Phi) is 7.90. The third kappa shape index (κ3) is 5.79. The number of rotatable bonds is 10. The molecule has 0 atom stereocenters. The second kappa shape index (κ2) is 10.9. The van der Waals surface area contributed by atoms with Crippen molar-refractivity contribution in [1.82, 2.24) is 9.38 Å². The average molecular weight is 563 g/mol. The second-order valence-electron chi connectivity index (χ2n) is 11.5. The van der Waals surface area contributed by atoms with Gasteiger partial charge in [0.05, 0.1) is 23.7 Å². The average Bonchev–Trinajstić information content (AvgIpc) is 3.45. The number of fused-ring (bicyclic) bond motifs is 1. The summed E-state index contributed by atoms with van der Waals surface area (Å²) in [6, 6.07) is 10.2. The van der Waals surface area contributed by atoms with E-state index in [1.165, 1.54) is 11.3 Å². The number of carboxylic acid groups (broad SMARTS) is 1. The van der Waals surface area contributed by atoms with Gasteiger partial charge in [0, 0.05) is 39.9 Å². The fraction of sp³-hybridized carbons (Fsp3) is 0.355. The Bertz CT molecular complexity index is 1590. The molecule has 3 heterocycles. The first-order valence-corrected chi connectivity index (χ1v) is 13.8. The molecule has 0 fully saturated rings. The first-order valence-electron chi connectivity index (χ1n) is 12.9. The van der Waals surface area contributed by atoms with Crippen molar-refractivity contribution < 1.29 is 29.0 Å². The summed E-state index contributed by atoms with van der Waals surface area (Å²) >= 11 is 1.50. The number of aromatic nitrogens is 2. The zero-order chi connectivity index (χ0) is 29.4. The van der Waals surface area contributed by atoms with Gasteiger partial charge in [-0.25, -0.2) is 4.98 Å². The van der Waals surface area contributed by atoms with Crippen molar-refractivity contribution in [3.05, 3.63) is 81.1 Å². The van der Waals surface area contributed by atoms with Gasteiger partial charge in [0.1, 0.15) is 23.1 Å². The molecule has 0 aliphatic heterocycles. The lowest BCUT2D eigenvalue weighted by Crippen LogP contribution is -2.29. The quantitative estimate of drug-likeness (QED) is 0.223. The van der Waals surface area contributed by atoms with Gasteiger partial charge in [-0.3, -0.25) is 14.4 Å². The van der Waals surface area contributed by atoms with Crippen LogP contribution in [0.15, 0.2) is 48.0 Å². The summed E-state index contributed by atoms with van der Waals surface area (Å²) in [5, 5.41) is 12.7. The first-order chi connectivity index (χ1) is 18.7. The van der Waals surface area contributed by atoms with E-state index in [0.29, 0.717) is 33.7 Å². The van der Waals surface area contributed by atoms with Crippen molar-refractivity contribution in [3.8, 4) is 11.5 Å². The number of thiazole rings is 1. The van der Waals surface area contributed by atoms with E-state index in [9.17, 15) is 19.5 Å². The van der Waals surface area contributed by atoms with Gasteiger partial charge in [0.15, 0.2) is 5.78 Å². The smallest absolute Gasteiger partial charge is 0.309 e. The van der Waals surface area contributed by atoms with Gasteiger partial charge in [-0.05, 0) is 63.1 Å². The van der Waals surface area contributed by atoms with Gasteiger partial charge >= 0.3 is 5.97 Å². The zero-order valence-corrected chi connectivity index (χ0v) is 24.6. The number of hydrogen-bond donors (Lipinski definition) is 1. The number of pyridine rings is 1. The molecule has 0 saturated carbocycles. The molecule has 40 heavy (non-hydrogen) atoms. The number of methoxy groups -OCH3 is 1. The fourth-order valence-electron chi connectivity index (χ4n) is 4.43. The maximum absolute atomic E-state index is 14.1. The Morgan fingerprint density at radius 1 is 1.02 bits per heavy atom. The number of benzene rings is 1. The highest BCUT2D eigenvalue weighted by molar-refractivity contribution is 7.09. The molecule has 0 aliphatic rings. The third-order valence-corrected chi connectivity index (χ3v) is 7.65. The Hall–Kier alpha value is -3.98. The number of carbonyl (C=O) groups is 3. The van der Waals surface area contributed by atoms with Gasteiger partial charge in [-0.15, -0.1) is 11.3 Å². The monoisotopic (exact) mass is 562 g/mol. The molecule has 1 aromatic carbocycles. The third-order valence-electron chi connectivity index (χ3n) is 6.71. The highest BCUT2D eigenvalue weighted by atomic mass is 32.1. The summed E-state index contributed by atoms with van der Waals surface area (Å²) in [6.07, 6.45) is 1.68. The number of aryl methyl sites for hydroxylation is 1. The van der Waals surface area contributed by atoms with Crippen LogP contribution < -0.4 is 9.47 Å². The van der Waals surface area contributed by atoms with Crippen LogP contribution in [0.25, 0.3) is 5.52 Å². The predicted molar refractivity (Wildman–Crippen MR) is 154 cm³/mol. The van der Waals surface area contributed by atoms with Crippen LogP contribution >= 0.6 is 11.3 Å². The molecule has 8 nitrogen and oxygen atoms in total. The molecule has 0 spiro atoms. The largest absolute Gasteiger partial charge is 0.497 e. The topological polar surface area (TPSA) is 107 Å². The molecule has 1 N–H and O–H groups in total. The number of ether oxygens (including phenoxy) is 2. The minimum atomic E-state index is -1.24. The van der Waals surface area contributed by atoms with Crippen LogP contribution in [0.3, 0.4) is 0 Å². The fourth-order valence-corrected chi connectivity index (χ4v) is 5.12. The first kappa shape index (κ1) is 29.0. The number of carbonyl (C=O) groups excluding carboxylic acids is 2. The predicted octanol–water partition coefficient (Wildman–Crippen LogP) is 6.40. The van der Waals surface area contributed by atoms with E-state index >= 15 is 0 Å². The van der Waals surface area contributed by atoms with Crippen LogP contribution in [-0.2, 0) is 17.8 Å². The van der Waals surface area contributed by atoms with Crippen LogP contribution in [0.4, 0.5) is 0 Å². The standard InChI is InChI=1S/C31H34N2O6S/c1-18-17-40-24(32-18)16-39-21-12-13-33-23(14-21)25(28(35)30(2,3)4)22(15-31(5,6)29(36)37)26(33)27(34)19-8-10-20(38-7)11-9-19/h8-14,17H,15-16H2,1-7H3,(H,36,37). The van der Waals surface area contributed by atoms with Crippen molar-refractivity contribution in [2.75, 3.05) is 7.11 Å². The van der Waals surface area contributed by atoms with Gasteiger partial charge < -0.3 is 19.0 Å². The second-order valence-corrected chi connectivity index (χ2v) is 12.4. The van der Waals surface area contributed by atoms with E-state index in [-0.39, 0.29) is 30.3 Å². The van der Waals surface area contributed by atoms with Crippen molar-refractivity contribution in [2.45, 2.75) is 54.6 Å². The molecule has 4 rings (SSSR count). The normalized spacial score (nSPS) is 12.0. The lowest BCUT2D eigenvalue weighted by Gasteiger charge is -2.22. The van der Waals surface area contributed by atoms with Crippen LogP contribution in [0.1, 0.15) is 77.3 Å². The number of hydrogen-bond acceptors (Lipinski definition) is 7. The number of nitrogens with zero attached hydrogens (tertiary/aromatic N) is 2. The van der Waals surface area contributed by atoms with Crippen LogP contribution in [0.5, 0.6) is 11.5 Å². The minimum absolute atomic E-state index is 0.0209. The van der Waals surface area contributed by atoms with Crippen LogP contribution in [0.2, 0.25) is 0 Å². The molecule has 4 aromatic rings.